The van der Waals surface area contributed by atoms with Crippen LogP contribution in [0, 0.1) is 13.8 Å². The van der Waals surface area contributed by atoms with Crippen molar-refractivity contribution < 1.29 is 19.0 Å². The second-order valence-electron chi connectivity index (χ2n) is 11.4. The van der Waals surface area contributed by atoms with E-state index in [0.29, 0.717) is 48.6 Å². The number of nitrogens with one attached hydrogen (secondary N) is 1. The van der Waals surface area contributed by atoms with Crippen molar-refractivity contribution in [3.63, 3.8) is 0 Å². The van der Waals surface area contributed by atoms with Gasteiger partial charge in [0.15, 0.2) is 11.5 Å². The topological polar surface area (TPSA) is 105 Å². The number of aryl methyl sites for hydroxylation is 2. The number of hydrogen-bond donors (Lipinski definition) is 1. The molecule has 3 heterocycles. The van der Waals surface area contributed by atoms with Gasteiger partial charge in [-0.05, 0) is 74.7 Å². The summed E-state index contributed by atoms with van der Waals surface area (Å²) in [6.07, 6.45) is 6.11. The van der Waals surface area contributed by atoms with Crippen molar-refractivity contribution in [2.24, 2.45) is 0 Å². The van der Waals surface area contributed by atoms with E-state index in [1.165, 1.54) is 4.90 Å². The number of rotatable bonds is 13. The maximum absolute atomic E-state index is 13.6. The molecule has 11 heteroatoms. The fourth-order valence-electron chi connectivity index (χ4n) is 5.28. The van der Waals surface area contributed by atoms with Crippen LogP contribution in [-0.2, 0) is 6.42 Å². The maximum Gasteiger partial charge on any atom is 0.420 e. The first-order valence-electron chi connectivity index (χ1n) is 15.7. The lowest BCUT2D eigenvalue weighted by Gasteiger charge is -2.32. The normalized spacial score (nSPS) is 13.7. The van der Waals surface area contributed by atoms with Crippen molar-refractivity contribution in [2.45, 2.75) is 26.7 Å². The third-order valence-corrected chi connectivity index (χ3v) is 7.97. The van der Waals surface area contributed by atoms with E-state index in [1.807, 2.05) is 62.4 Å². The molecule has 11 nitrogen and oxygen atoms in total. The number of hydrogen-bond acceptors (Lipinski definition) is 10. The molecule has 1 fully saturated rings. The Labute approximate surface area is 271 Å². The number of likely N-dealkylation sites (N-methyl/N-ethyl adjacent to an activating group) is 1. The van der Waals surface area contributed by atoms with Gasteiger partial charge in [-0.1, -0.05) is 24.3 Å². The zero-order chi connectivity index (χ0) is 32.3. The van der Waals surface area contributed by atoms with Crippen LogP contribution in [0.5, 0.6) is 17.2 Å². The van der Waals surface area contributed by atoms with Crippen LogP contribution in [0.1, 0.15) is 23.1 Å². The molecule has 1 aliphatic heterocycles. The van der Waals surface area contributed by atoms with E-state index in [0.717, 1.165) is 61.5 Å². The predicted molar refractivity (Wildman–Crippen MR) is 180 cm³/mol. The van der Waals surface area contributed by atoms with E-state index in [2.05, 4.69) is 37.1 Å². The third-order valence-electron chi connectivity index (χ3n) is 7.97. The monoisotopic (exact) mass is 625 g/mol. The van der Waals surface area contributed by atoms with Crippen LogP contribution in [0.25, 0.3) is 0 Å². The zero-order valence-electron chi connectivity index (χ0n) is 27.1. The van der Waals surface area contributed by atoms with Gasteiger partial charge >= 0.3 is 6.09 Å². The average Bonchev–Trinajstić information content (AvgIpc) is 3.07. The first kappa shape index (κ1) is 32.6. The van der Waals surface area contributed by atoms with Gasteiger partial charge in [0.1, 0.15) is 11.6 Å². The minimum atomic E-state index is -0.526. The minimum Gasteiger partial charge on any atom is -0.493 e. The van der Waals surface area contributed by atoms with Crippen LogP contribution < -0.4 is 24.4 Å². The number of carbonyl (C=O) groups excluding carboxylic acids is 1. The second-order valence-corrected chi connectivity index (χ2v) is 11.4. The Bertz CT molecular complexity index is 1560. The highest BCUT2D eigenvalue weighted by Crippen LogP contribution is 2.31. The fraction of sp³-hybridized carbons (Fsp3) is 0.371. The van der Waals surface area contributed by atoms with Gasteiger partial charge in [-0.25, -0.2) is 9.78 Å². The van der Waals surface area contributed by atoms with Crippen molar-refractivity contribution in [3.05, 3.63) is 89.9 Å². The summed E-state index contributed by atoms with van der Waals surface area (Å²) in [6, 6.07) is 16.9. The summed E-state index contributed by atoms with van der Waals surface area (Å²) in [7, 11) is 3.79. The average molecular weight is 626 g/mol. The molecule has 2 aromatic heterocycles. The highest BCUT2D eigenvalue weighted by molar-refractivity contribution is 5.88. The number of aromatic nitrogens is 3. The lowest BCUT2D eigenvalue weighted by atomic mass is 10.1. The predicted octanol–water partition coefficient (Wildman–Crippen LogP) is 5.51. The molecule has 0 spiro atoms. The zero-order valence-corrected chi connectivity index (χ0v) is 27.1. The Balaban J connectivity index is 1.26. The van der Waals surface area contributed by atoms with Crippen LogP contribution in [0.3, 0.4) is 0 Å². The number of ether oxygens (including phenoxy) is 3. The molecule has 4 aromatic rings. The molecule has 1 aliphatic rings. The molecule has 2 aromatic carbocycles. The smallest absolute Gasteiger partial charge is 0.420 e. The van der Waals surface area contributed by atoms with Gasteiger partial charge in [-0.3, -0.25) is 9.88 Å². The van der Waals surface area contributed by atoms with Gasteiger partial charge in [-0.15, -0.1) is 0 Å². The molecule has 46 heavy (non-hydrogen) atoms. The Hall–Kier alpha value is -4.74. The fourth-order valence-corrected chi connectivity index (χ4v) is 5.28. The van der Waals surface area contributed by atoms with Crippen molar-refractivity contribution in [1.29, 1.82) is 0 Å². The van der Waals surface area contributed by atoms with Crippen LogP contribution in [0.2, 0.25) is 0 Å². The number of para-hydroxylation sites is 1. The third kappa shape index (κ3) is 8.92. The van der Waals surface area contributed by atoms with Crippen LogP contribution in [0.15, 0.2) is 73.2 Å². The molecule has 242 valence electrons. The van der Waals surface area contributed by atoms with E-state index in [9.17, 15) is 4.79 Å². The Morgan fingerprint density at radius 3 is 2.52 bits per heavy atom. The molecular weight excluding hydrogens is 582 g/mol. The molecular formula is C35H43N7O4. The first-order chi connectivity index (χ1) is 22.4. The summed E-state index contributed by atoms with van der Waals surface area (Å²) in [5, 5.41) is 3.24. The van der Waals surface area contributed by atoms with Crippen molar-refractivity contribution in [1.82, 2.24) is 24.8 Å². The Morgan fingerprint density at radius 1 is 0.978 bits per heavy atom. The summed E-state index contributed by atoms with van der Waals surface area (Å²) in [4.78, 5) is 33.3. The van der Waals surface area contributed by atoms with Gasteiger partial charge < -0.3 is 29.3 Å². The highest BCUT2D eigenvalue weighted by Gasteiger charge is 2.22. The number of benzene rings is 2. The van der Waals surface area contributed by atoms with E-state index >= 15 is 0 Å². The largest absolute Gasteiger partial charge is 0.493 e. The standard InChI is InChI=1S/C35H43N7O4/c1-26-8-5-9-27(2)33(26)46-35(43)42(18-14-28-10-6-15-36-25-28)32-13-16-37-34(39-32)38-29-11-12-30(31(24-29)44-4)45-23-7-17-41-21-19-40(3)20-22-41/h5-6,8-13,15-16,24-25H,7,14,17-23H2,1-4H3,(H,37,38,39). The second kappa shape index (κ2) is 16.0. The number of nitrogens with zero attached hydrogens (tertiary/aromatic N) is 6. The Kier molecular flexibility index (Phi) is 11.4. The van der Waals surface area contributed by atoms with Gasteiger partial charge in [0, 0.05) is 69.6 Å². The van der Waals surface area contributed by atoms with E-state index in [1.54, 1.807) is 31.8 Å². The lowest BCUT2D eigenvalue weighted by molar-refractivity contribution is 0.145. The van der Waals surface area contributed by atoms with Gasteiger partial charge in [-0.2, -0.15) is 4.98 Å². The summed E-state index contributed by atoms with van der Waals surface area (Å²) in [6.45, 7) is 10.2. The summed E-state index contributed by atoms with van der Waals surface area (Å²) >= 11 is 0. The Morgan fingerprint density at radius 2 is 1.78 bits per heavy atom. The number of anilines is 3. The number of amides is 1. The van der Waals surface area contributed by atoms with Gasteiger partial charge in [0.05, 0.1) is 13.7 Å². The molecule has 0 radical (unpaired) electrons. The molecule has 1 amide bonds. The lowest BCUT2D eigenvalue weighted by Crippen LogP contribution is -2.44. The van der Waals surface area contributed by atoms with Gasteiger partial charge in [0.25, 0.3) is 0 Å². The SMILES string of the molecule is COc1cc(Nc2nccc(N(CCc3cccnc3)C(=O)Oc3c(C)cccc3C)n2)ccc1OCCCN1CCN(C)CC1. The van der Waals surface area contributed by atoms with Crippen LogP contribution >= 0.6 is 0 Å². The number of carbonyl (C=O) groups is 1. The van der Waals surface area contributed by atoms with Crippen LogP contribution in [-0.4, -0.2) is 90.9 Å². The minimum absolute atomic E-state index is 0.326. The summed E-state index contributed by atoms with van der Waals surface area (Å²) < 4.78 is 17.6. The molecule has 0 saturated carbocycles. The summed E-state index contributed by atoms with van der Waals surface area (Å²) in [5.74, 6) is 2.56. The molecule has 0 bridgehead atoms. The quantitative estimate of drug-likeness (QED) is 0.191. The number of methoxy groups -OCH3 is 1. The van der Waals surface area contributed by atoms with Crippen molar-refractivity contribution in [3.8, 4) is 17.2 Å². The van der Waals surface area contributed by atoms with Gasteiger partial charge in [0.2, 0.25) is 5.95 Å². The van der Waals surface area contributed by atoms with Crippen molar-refractivity contribution in [2.75, 3.05) is 70.2 Å². The maximum atomic E-state index is 13.6. The summed E-state index contributed by atoms with van der Waals surface area (Å²) in [5.41, 5.74) is 3.47. The molecule has 5 rings (SSSR count). The molecule has 0 atom stereocenters. The molecule has 0 unspecified atom stereocenters. The molecule has 0 aliphatic carbocycles. The first-order valence-corrected chi connectivity index (χ1v) is 15.7. The van der Waals surface area contributed by atoms with E-state index < -0.39 is 6.09 Å². The van der Waals surface area contributed by atoms with Crippen LogP contribution in [0.4, 0.5) is 22.2 Å². The highest BCUT2D eigenvalue weighted by atomic mass is 16.6. The van der Waals surface area contributed by atoms with E-state index in [4.69, 9.17) is 14.2 Å². The number of piperazine rings is 1. The van der Waals surface area contributed by atoms with E-state index in [-0.39, 0.29) is 0 Å². The molecule has 1 N–H and O–H groups in total. The van der Waals surface area contributed by atoms with Crippen molar-refractivity contribution >= 4 is 23.5 Å². The number of pyridine rings is 1. The molecule has 1 saturated heterocycles.